The van der Waals surface area contributed by atoms with Gasteiger partial charge in [0.2, 0.25) is 5.91 Å². The zero-order valence-electron chi connectivity index (χ0n) is 19.1. The lowest BCUT2D eigenvalue weighted by Gasteiger charge is -2.49. The van der Waals surface area contributed by atoms with Crippen molar-refractivity contribution in [2.75, 3.05) is 24.5 Å². The standard InChI is InChI=1S/C22H36ClNO6S/c1-6-11-31-13-22(27)10-9-15(29-20(26)24-17(25)12-23)18(28-5)19(22)21(4)16(30-21)8-7-14(2)3/h7,15-16,18-19,27H,6,8-13H2,1-5H3,(H,24,25,26). The van der Waals surface area contributed by atoms with Crippen LogP contribution < -0.4 is 5.32 Å². The monoisotopic (exact) mass is 477 g/mol. The Morgan fingerprint density at radius 1 is 1.39 bits per heavy atom. The second-order valence-electron chi connectivity index (χ2n) is 8.81. The number of amides is 2. The van der Waals surface area contributed by atoms with Gasteiger partial charge in [0.05, 0.1) is 11.7 Å². The van der Waals surface area contributed by atoms with Crippen LogP contribution in [0.15, 0.2) is 11.6 Å². The van der Waals surface area contributed by atoms with Crippen molar-refractivity contribution in [2.45, 2.75) is 82.9 Å². The second-order valence-corrected chi connectivity index (χ2v) is 10.2. The molecule has 1 aliphatic carbocycles. The van der Waals surface area contributed by atoms with E-state index in [0.29, 0.717) is 18.6 Å². The number of ether oxygens (including phenoxy) is 3. The number of alkyl carbamates (subject to hydrolysis) is 1. The van der Waals surface area contributed by atoms with Crippen LogP contribution in [-0.2, 0) is 19.0 Å². The molecule has 1 aliphatic heterocycles. The quantitative estimate of drug-likeness (QED) is 0.214. The molecule has 9 heteroatoms. The molecule has 2 aliphatic rings. The summed E-state index contributed by atoms with van der Waals surface area (Å²) < 4.78 is 17.5. The molecule has 6 unspecified atom stereocenters. The highest BCUT2D eigenvalue weighted by Crippen LogP contribution is 2.55. The first-order valence-electron chi connectivity index (χ1n) is 10.8. The van der Waals surface area contributed by atoms with E-state index in [1.807, 2.05) is 20.8 Å². The minimum absolute atomic E-state index is 0.0434. The highest BCUT2D eigenvalue weighted by molar-refractivity contribution is 7.99. The summed E-state index contributed by atoms with van der Waals surface area (Å²) in [5, 5.41) is 13.8. The van der Waals surface area contributed by atoms with E-state index in [9.17, 15) is 14.7 Å². The van der Waals surface area contributed by atoms with Crippen LogP contribution >= 0.6 is 23.4 Å². The molecule has 0 aromatic rings. The normalized spacial score (nSPS) is 34.7. The largest absolute Gasteiger partial charge is 0.443 e. The molecular weight excluding hydrogens is 442 g/mol. The van der Waals surface area contributed by atoms with Gasteiger partial charge in [-0.25, -0.2) is 4.79 Å². The molecule has 0 aromatic heterocycles. The molecule has 178 valence electrons. The Morgan fingerprint density at radius 3 is 2.68 bits per heavy atom. The summed E-state index contributed by atoms with van der Waals surface area (Å²) in [5.41, 5.74) is -0.406. The Labute approximate surface area is 194 Å². The van der Waals surface area contributed by atoms with Crippen molar-refractivity contribution in [2.24, 2.45) is 5.92 Å². The van der Waals surface area contributed by atoms with Gasteiger partial charge in [0, 0.05) is 18.8 Å². The van der Waals surface area contributed by atoms with E-state index in [-0.39, 0.29) is 17.9 Å². The molecule has 7 nitrogen and oxygen atoms in total. The first-order chi connectivity index (χ1) is 14.6. The number of epoxide rings is 1. The van der Waals surface area contributed by atoms with Crippen LogP contribution in [0.3, 0.4) is 0 Å². The summed E-state index contributed by atoms with van der Waals surface area (Å²) in [5.74, 6) is 0.167. The average Bonchev–Trinajstić information content (AvgIpc) is 3.38. The third-order valence-electron chi connectivity index (χ3n) is 6.07. The van der Waals surface area contributed by atoms with Crippen LogP contribution in [0.4, 0.5) is 4.79 Å². The summed E-state index contributed by atoms with van der Waals surface area (Å²) in [6.07, 6.45) is 2.70. The van der Waals surface area contributed by atoms with Crippen molar-refractivity contribution in [3.63, 3.8) is 0 Å². The first-order valence-corrected chi connectivity index (χ1v) is 12.5. The maximum Gasteiger partial charge on any atom is 0.414 e. The Morgan fingerprint density at radius 2 is 2.10 bits per heavy atom. The smallest absolute Gasteiger partial charge is 0.414 e. The van der Waals surface area contributed by atoms with Gasteiger partial charge >= 0.3 is 6.09 Å². The van der Waals surface area contributed by atoms with E-state index in [1.165, 1.54) is 5.57 Å². The van der Waals surface area contributed by atoms with Crippen LogP contribution in [0, 0.1) is 5.92 Å². The van der Waals surface area contributed by atoms with Gasteiger partial charge in [0.25, 0.3) is 0 Å². The van der Waals surface area contributed by atoms with Crippen molar-refractivity contribution in [1.82, 2.24) is 5.32 Å². The maximum atomic E-state index is 12.2. The molecule has 0 aromatic carbocycles. The van der Waals surface area contributed by atoms with Crippen molar-refractivity contribution >= 4 is 35.4 Å². The fourth-order valence-corrected chi connectivity index (χ4v) is 5.72. The molecule has 6 atom stereocenters. The fraction of sp³-hybridized carbons (Fsp3) is 0.818. The SMILES string of the molecule is CCCSCC1(O)CCC(OC(=O)NC(=O)CCl)C(OC)C1C1(C)OC1CC=C(C)C. The van der Waals surface area contributed by atoms with E-state index in [0.717, 1.165) is 18.6 Å². The molecular formula is C22H36ClNO6S. The van der Waals surface area contributed by atoms with E-state index >= 15 is 0 Å². The van der Waals surface area contributed by atoms with Crippen LogP contribution in [0.1, 0.15) is 53.4 Å². The summed E-state index contributed by atoms with van der Waals surface area (Å²) in [6.45, 7) is 8.20. The molecule has 2 fully saturated rings. The van der Waals surface area contributed by atoms with Gasteiger partial charge in [-0.05, 0) is 52.2 Å². The van der Waals surface area contributed by atoms with Gasteiger partial charge < -0.3 is 19.3 Å². The number of aliphatic hydroxyl groups is 1. The van der Waals surface area contributed by atoms with Crippen LogP contribution in [0.25, 0.3) is 0 Å². The maximum absolute atomic E-state index is 12.2. The van der Waals surface area contributed by atoms with Crippen LogP contribution in [0.2, 0.25) is 0 Å². The van der Waals surface area contributed by atoms with Gasteiger partial charge in [0.1, 0.15) is 23.7 Å². The molecule has 31 heavy (non-hydrogen) atoms. The third-order valence-corrected chi connectivity index (χ3v) is 7.71. The van der Waals surface area contributed by atoms with Crippen LogP contribution in [-0.4, -0.2) is 71.1 Å². The number of hydrogen-bond donors (Lipinski definition) is 2. The highest BCUT2D eigenvalue weighted by atomic mass is 35.5. The van der Waals surface area contributed by atoms with Crippen molar-refractivity contribution in [3.8, 4) is 0 Å². The molecule has 1 heterocycles. The van der Waals surface area contributed by atoms with Crippen molar-refractivity contribution in [3.05, 3.63) is 11.6 Å². The van der Waals surface area contributed by atoms with Crippen molar-refractivity contribution < 1.29 is 28.9 Å². The number of rotatable bonds is 10. The minimum Gasteiger partial charge on any atom is -0.443 e. The zero-order valence-corrected chi connectivity index (χ0v) is 20.7. The molecule has 2 rings (SSSR count). The number of halogens is 1. The molecule has 1 saturated carbocycles. The summed E-state index contributed by atoms with van der Waals surface area (Å²) in [6, 6.07) is 0. The number of methoxy groups -OCH3 is 1. The molecule has 0 radical (unpaired) electrons. The predicted molar refractivity (Wildman–Crippen MR) is 123 cm³/mol. The zero-order chi connectivity index (χ0) is 23.2. The number of nitrogens with one attached hydrogen (secondary N) is 1. The van der Waals surface area contributed by atoms with Gasteiger partial charge in [-0.2, -0.15) is 11.8 Å². The summed E-state index contributed by atoms with van der Waals surface area (Å²) >= 11 is 7.16. The predicted octanol–water partition coefficient (Wildman–Crippen LogP) is 3.66. The molecule has 0 bridgehead atoms. The molecule has 0 spiro atoms. The van der Waals surface area contributed by atoms with Gasteiger partial charge in [-0.3, -0.25) is 10.1 Å². The number of alkyl halides is 1. The Balaban J connectivity index is 2.24. The number of carbonyl (C=O) groups is 2. The molecule has 2 N–H and O–H groups in total. The number of allylic oxidation sites excluding steroid dienone is 1. The van der Waals surface area contributed by atoms with E-state index in [2.05, 4.69) is 18.3 Å². The second kappa shape index (κ2) is 11.4. The summed E-state index contributed by atoms with van der Waals surface area (Å²) in [7, 11) is 1.55. The van der Waals surface area contributed by atoms with Gasteiger partial charge in [0.15, 0.2) is 0 Å². The first kappa shape index (κ1) is 26.5. The number of imide groups is 1. The fourth-order valence-electron chi connectivity index (χ4n) is 4.55. The Bertz CT molecular complexity index is 672. The average molecular weight is 478 g/mol. The van der Waals surface area contributed by atoms with E-state index in [4.69, 9.17) is 25.8 Å². The van der Waals surface area contributed by atoms with E-state index < -0.39 is 35.4 Å². The Hall–Kier alpha value is -0.800. The lowest BCUT2D eigenvalue weighted by atomic mass is 9.66. The third kappa shape index (κ3) is 6.60. The lowest BCUT2D eigenvalue weighted by Crippen LogP contribution is -2.61. The Kier molecular flexibility index (Phi) is 9.70. The van der Waals surface area contributed by atoms with Gasteiger partial charge in [-0.1, -0.05) is 18.6 Å². The minimum atomic E-state index is -1.02. The van der Waals surface area contributed by atoms with Gasteiger partial charge in [-0.15, -0.1) is 11.6 Å². The van der Waals surface area contributed by atoms with Crippen molar-refractivity contribution in [1.29, 1.82) is 0 Å². The highest BCUT2D eigenvalue weighted by Gasteiger charge is 2.67. The topological polar surface area (TPSA) is 97.4 Å². The molecule has 1 saturated heterocycles. The summed E-state index contributed by atoms with van der Waals surface area (Å²) in [4.78, 5) is 23.6. The molecule has 2 amide bonds. The van der Waals surface area contributed by atoms with E-state index in [1.54, 1.807) is 18.9 Å². The number of carbonyl (C=O) groups excluding carboxylic acids is 2. The number of thioether (sulfide) groups is 1. The van der Waals surface area contributed by atoms with Crippen LogP contribution in [0.5, 0.6) is 0 Å². The number of hydrogen-bond acceptors (Lipinski definition) is 7. The lowest BCUT2D eigenvalue weighted by molar-refractivity contribution is -0.170.